The van der Waals surface area contributed by atoms with Gasteiger partial charge in [-0.2, -0.15) is 0 Å². The fourth-order valence-electron chi connectivity index (χ4n) is 2.27. The summed E-state index contributed by atoms with van der Waals surface area (Å²) in [5.41, 5.74) is 0.957. The molecule has 0 aromatic rings. The maximum absolute atomic E-state index is 4.76. The van der Waals surface area contributed by atoms with Gasteiger partial charge in [-0.25, -0.2) is 0 Å². The highest BCUT2D eigenvalue weighted by atomic mass is 16.6. The zero-order chi connectivity index (χ0) is 17.2. The lowest BCUT2D eigenvalue weighted by Crippen LogP contribution is -2.24. The molecule has 0 atom stereocenters. The highest BCUT2D eigenvalue weighted by Crippen LogP contribution is 2.08. The number of unbranched alkanes of at least 4 members (excludes halogenated alkanes) is 3. The molecule has 0 aromatic heterocycles. The molecule has 1 rings (SSSR count). The monoisotopic (exact) mass is 313 g/mol. The van der Waals surface area contributed by atoms with E-state index in [4.69, 9.17) is 4.84 Å². The van der Waals surface area contributed by atoms with E-state index in [0.717, 1.165) is 18.8 Å². The van der Waals surface area contributed by atoms with Crippen molar-refractivity contribution in [3.8, 4) is 0 Å². The van der Waals surface area contributed by atoms with Crippen molar-refractivity contribution in [2.75, 3.05) is 40.5 Å². The molecule has 1 heterocycles. The summed E-state index contributed by atoms with van der Waals surface area (Å²) in [5.74, 6) is 0. The van der Waals surface area contributed by atoms with Crippen LogP contribution in [-0.4, -0.2) is 56.0 Å². The first-order chi connectivity index (χ1) is 10.8. The molecular weight excluding hydrogens is 274 g/mol. The van der Waals surface area contributed by atoms with E-state index >= 15 is 0 Å². The van der Waals surface area contributed by atoms with Crippen LogP contribution in [0, 0.1) is 0 Å². The Labute approximate surface area is 139 Å². The lowest BCUT2D eigenvalue weighted by molar-refractivity contribution is 0.213. The van der Waals surface area contributed by atoms with Crippen LogP contribution in [0.25, 0.3) is 0 Å². The number of likely N-dealkylation sites (N-methyl/N-ethyl adjacent to an activating group) is 1. The summed E-state index contributed by atoms with van der Waals surface area (Å²) >= 11 is 0. The van der Waals surface area contributed by atoms with Crippen molar-refractivity contribution in [2.24, 2.45) is 5.16 Å². The van der Waals surface area contributed by atoms with Gasteiger partial charge in [0.1, 0.15) is 7.11 Å². The third-order valence-electron chi connectivity index (χ3n) is 3.34. The molecule has 1 aliphatic heterocycles. The first-order valence-electron chi connectivity index (χ1n) is 8.89. The number of hydrogen-bond donors (Lipinski definition) is 0. The highest BCUT2D eigenvalue weighted by molar-refractivity contribution is 5.93. The van der Waals surface area contributed by atoms with Gasteiger partial charge < -0.3 is 4.84 Å². The highest BCUT2D eigenvalue weighted by Gasteiger charge is 2.14. The van der Waals surface area contributed by atoms with E-state index in [2.05, 4.69) is 28.6 Å². The Kier molecular flexibility index (Phi) is 19.3. The first kappa shape index (κ1) is 23.4. The lowest BCUT2D eigenvalue weighted by atomic mass is 10.1. The fourth-order valence-corrected chi connectivity index (χ4v) is 2.27. The SMILES string of the molecule is C=C/C(CCCCCCN1CCN(C)C1)=N\OC.CC.CC. The maximum Gasteiger partial charge on any atom is 0.106 e. The fraction of sp³-hybridized carbons (Fsp3) is 0.833. The molecule has 1 fully saturated rings. The molecule has 22 heavy (non-hydrogen) atoms. The first-order valence-corrected chi connectivity index (χ1v) is 8.89. The number of oxime groups is 1. The van der Waals surface area contributed by atoms with Crippen molar-refractivity contribution in [3.63, 3.8) is 0 Å². The van der Waals surface area contributed by atoms with E-state index in [1.54, 1.807) is 13.2 Å². The second kappa shape index (κ2) is 18.2. The second-order valence-electron chi connectivity index (χ2n) is 4.97. The Morgan fingerprint density at radius 3 is 2.23 bits per heavy atom. The molecule has 0 bridgehead atoms. The molecule has 0 aromatic carbocycles. The average molecular weight is 314 g/mol. The van der Waals surface area contributed by atoms with Crippen LogP contribution in [0.2, 0.25) is 0 Å². The van der Waals surface area contributed by atoms with Crippen molar-refractivity contribution in [1.29, 1.82) is 0 Å². The zero-order valence-electron chi connectivity index (χ0n) is 15.9. The van der Waals surface area contributed by atoms with E-state index in [1.165, 1.54) is 45.3 Å². The Morgan fingerprint density at radius 2 is 1.73 bits per heavy atom. The van der Waals surface area contributed by atoms with Crippen molar-refractivity contribution < 1.29 is 4.84 Å². The van der Waals surface area contributed by atoms with Gasteiger partial charge in [0.25, 0.3) is 0 Å². The Hall–Kier alpha value is -0.870. The van der Waals surface area contributed by atoms with Gasteiger partial charge in [-0.05, 0) is 38.9 Å². The molecule has 0 N–H and O–H groups in total. The standard InChI is InChI=1S/C14H27N3O.2C2H6/c1-4-14(15-18-3)9-7-5-6-8-10-17-12-11-16(2)13-17;2*1-2/h4H,1,5-13H2,2-3H3;2*1-2H3/b15-14+;;. The number of hydrogen-bond acceptors (Lipinski definition) is 4. The molecule has 0 aliphatic carbocycles. The molecule has 0 spiro atoms. The van der Waals surface area contributed by atoms with Gasteiger partial charge in [-0.3, -0.25) is 9.80 Å². The van der Waals surface area contributed by atoms with E-state index < -0.39 is 0 Å². The molecule has 0 radical (unpaired) electrons. The van der Waals surface area contributed by atoms with E-state index in [-0.39, 0.29) is 0 Å². The number of rotatable bonds is 9. The van der Waals surface area contributed by atoms with Crippen molar-refractivity contribution in [1.82, 2.24) is 9.80 Å². The summed E-state index contributed by atoms with van der Waals surface area (Å²) in [4.78, 5) is 9.66. The summed E-state index contributed by atoms with van der Waals surface area (Å²) < 4.78 is 0. The second-order valence-corrected chi connectivity index (χ2v) is 4.97. The number of nitrogens with zero attached hydrogens (tertiary/aromatic N) is 3. The van der Waals surface area contributed by atoms with Crippen LogP contribution < -0.4 is 0 Å². The van der Waals surface area contributed by atoms with Gasteiger partial charge in [0.2, 0.25) is 0 Å². The van der Waals surface area contributed by atoms with Crippen LogP contribution >= 0.6 is 0 Å². The predicted octanol–water partition coefficient (Wildman–Crippen LogP) is 4.38. The molecule has 1 saturated heterocycles. The average Bonchev–Trinajstić information content (AvgIpc) is 2.98. The van der Waals surface area contributed by atoms with E-state index in [9.17, 15) is 0 Å². The topological polar surface area (TPSA) is 28.1 Å². The van der Waals surface area contributed by atoms with Gasteiger partial charge in [0.05, 0.1) is 12.4 Å². The van der Waals surface area contributed by atoms with Crippen molar-refractivity contribution in [2.45, 2.75) is 59.8 Å². The summed E-state index contributed by atoms with van der Waals surface area (Å²) in [6.45, 7) is 16.6. The third kappa shape index (κ3) is 12.8. The van der Waals surface area contributed by atoms with Gasteiger partial charge >= 0.3 is 0 Å². The third-order valence-corrected chi connectivity index (χ3v) is 3.34. The minimum Gasteiger partial charge on any atom is -0.399 e. The summed E-state index contributed by atoms with van der Waals surface area (Å²) in [7, 11) is 3.77. The molecule has 4 nitrogen and oxygen atoms in total. The molecule has 0 saturated carbocycles. The lowest BCUT2D eigenvalue weighted by Gasteiger charge is -2.14. The quantitative estimate of drug-likeness (QED) is 0.359. The van der Waals surface area contributed by atoms with E-state index in [1.807, 2.05) is 27.7 Å². The maximum atomic E-state index is 4.76. The molecule has 0 amide bonds. The van der Waals surface area contributed by atoms with Gasteiger partial charge in [-0.15, -0.1) is 0 Å². The van der Waals surface area contributed by atoms with Crippen LogP contribution in [0.4, 0.5) is 0 Å². The smallest absolute Gasteiger partial charge is 0.106 e. The van der Waals surface area contributed by atoms with Crippen LogP contribution in [-0.2, 0) is 4.84 Å². The molecule has 132 valence electrons. The normalized spacial score (nSPS) is 15.5. The summed E-state index contributed by atoms with van der Waals surface area (Å²) in [5, 5.41) is 3.92. The van der Waals surface area contributed by atoms with Crippen LogP contribution in [0.5, 0.6) is 0 Å². The zero-order valence-corrected chi connectivity index (χ0v) is 15.9. The number of allylic oxidation sites excluding steroid dienone is 1. The predicted molar refractivity (Wildman–Crippen MR) is 99.5 cm³/mol. The Morgan fingerprint density at radius 1 is 1.09 bits per heavy atom. The minimum absolute atomic E-state index is 0.957. The summed E-state index contributed by atoms with van der Waals surface area (Å²) in [6, 6.07) is 0. The largest absolute Gasteiger partial charge is 0.399 e. The summed E-state index contributed by atoms with van der Waals surface area (Å²) in [6.07, 6.45) is 7.80. The van der Waals surface area contributed by atoms with Crippen molar-refractivity contribution >= 4 is 5.71 Å². The van der Waals surface area contributed by atoms with Gasteiger partial charge in [-0.1, -0.05) is 52.3 Å². The van der Waals surface area contributed by atoms with Crippen LogP contribution in [0.15, 0.2) is 17.8 Å². The van der Waals surface area contributed by atoms with Crippen LogP contribution in [0.1, 0.15) is 59.8 Å². The van der Waals surface area contributed by atoms with E-state index in [0.29, 0.717) is 0 Å². The van der Waals surface area contributed by atoms with Crippen LogP contribution in [0.3, 0.4) is 0 Å². The Balaban J connectivity index is 0. The molecular formula is C18H39N3O. The van der Waals surface area contributed by atoms with Gasteiger partial charge in [0.15, 0.2) is 0 Å². The Bertz CT molecular complexity index is 267. The van der Waals surface area contributed by atoms with Gasteiger partial charge in [0, 0.05) is 13.1 Å². The molecule has 0 unspecified atom stereocenters. The molecule has 4 heteroatoms. The molecule has 1 aliphatic rings. The van der Waals surface area contributed by atoms with Crippen molar-refractivity contribution in [3.05, 3.63) is 12.7 Å². The minimum atomic E-state index is 0.957.